The van der Waals surface area contributed by atoms with Gasteiger partial charge in [0.25, 0.3) is 0 Å². The van der Waals surface area contributed by atoms with Gasteiger partial charge in [-0.2, -0.15) is 0 Å². The van der Waals surface area contributed by atoms with E-state index in [2.05, 4.69) is 36.5 Å². The number of aliphatic hydroxyl groups is 1. The van der Waals surface area contributed by atoms with E-state index in [-0.39, 0.29) is 0 Å². The maximum atomic E-state index is 9.71. The predicted octanol–water partition coefficient (Wildman–Crippen LogP) is 2.46. The van der Waals surface area contributed by atoms with Gasteiger partial charge in [0.05, 0.1) is 12.7 Å². The maximum absolute atomic E-state index is 9.71. The number of nitrogens with one attached hydrogen (secondary N) is 1. The molecule has 1 aromatic rings. The summed E-state index contributed by atoms with van der Waals surface area (Å²) >= 11 is 1.66. The molecule has 0 saturated heterocycles. The van der Waals surface area contributed by atoms with Crippen molar-refractivity contribution in [2.45, 2.75) is 30.9 Å². The molecule has 102 valence electrons. The molecule has 1 aromatic carbocycles. The summed E-state index contributed by atoms with van der Waals surface area (Å²) < 4.78 is 5.19. The fourth-order valence-corrected chi connectivity index (χ4v) is 2.41. The predicted molar refractivity (Wildman–Crippen MR) is 77.1 cm³/mol. The van der Waals surface area contributed by atoms with Crippen molar-refractivity contribution < 1.29 is 9.84 Å². The molecule has 0 heterocycles. The maximum Gasteiger partial charge on any atom is 0.0867 e. The lowest BCUT2D eigenvalue weighted by molar-refractivity contribution is 0.0551. The molecular formula is C14H23NO2S. The Labute approximate surface area is 114 Å². The molecule has 0 fully saturated rings. The Morgan fingerprint density at radius 2 is 2.22 bits per heavy atom. The van der Waals surface area contributed by atoms with Crippen LogP contribution >= 0.6 is 11.8 Å². The van der Waals surface area contributed by atoms with Gasteiger partial charge in [-0.25, -0.2) is 0 Å². The largest absolute Gasteiger partial charge is 0.390 e. The number of aliphatic hydroxyl groups excluding tert-OH is 1. The fourth-order valence-electron chi connectivity index (χ4n) is 1.53. The Balaban J connectivity index is 2.47. The Morgan fingerprint density at radius 1 is 1.44 bits per heavy atom. The van der Waals surface area contributed by atoms with Crippen molar-refractivity contribution in [2.24, 2.45) is 0 Å². The normalized spacial score (nSPS) is 14.4. The first kappa shape index (κ1) is 15.5. The summed E-state index contributed by atoms with van der Waals surface area (Å²) in [7, 11) is 1.95. The standard InChI is InChI=1S/C14H23NO2S/c1-4-17-9-13(16)10-18-14-7-5-6-12(8-14)11(2)15-3/h5-8,11,13,15-16H,4,9-10H2,1-3H3. The highest BCUT2D eigenvalue weighted by Gasteiger charge is 2.07. The minimum atomic E-state index is -0.402. The summed E-state index contributed by atoms with van der Waals surface area (Å²) in [5.74, 6) is 0.664. The Hall–Kier alpha value is -0.550. The average Bonchev–Trinajstić information content (AvgIpc) is 2.42. The first-order valence-corrected chi connectivity index (χ1v) is 7.31. The van der Waals surface area contributed by atoms with Gasteiger partial charge in [0.2, 0.25) is 0 Å². The van der Waals surface area contributed by atoms with Gasteiger partial charge < -0.3 is 15.2 Å². The van der Waals surface area contributed by atoms with Crippen molar-refractivity contribution in [2.75, 3.05) is 26.0 Å². The second-order valence-electron chi connectivity index (χ2n) is 4.21. The van der Waals surface area contributed by atoms with E-state index in [1.54, 1.807) is 11.8 Å². The molecule has 2 N–H and O–H groups in total. The van der Waals surface area contributed by atoms with Crippen molar-refractivity contribution in [3.05, 3.63) is 29.8 Å². The van der Waals surface area contributed by atoms with Crippen LogP contribution in [0.25, 0.3) is 0 Å². The van der Waals surface area contributed by atoms with Crippen molar-refractivity contribution in [1.82, 2.24) is 5.32 Å². The summed E-state index contributed by atoms with van der Waals surface area (Å²) in [5.41, 5.74) is 1.27. The van der Waals surface area contributed by atoms with Gasteiger partial charge >= 0.3 is 0 Å². The van der Waals surface area contributed by atoms with Crippen LogP contribution in [0.1, 0.15) is 25.5 Å². The first-order chi connectivity index (χ1) is 8.67. The van der Waals surface area contributed by atoms with Crippen LogP contribution in [0.3, 0.4) is 0 Å². The molecule has 4 heteroatoms. The fraction of sp³-hybridized carbons (Fsp3) is 0.571. The van der Waals surface area contributed by atoms with Gasteiger partial charge in [-0.05, 0) is 38.6 Å². The highest BCUT2D eigenvalue weighted by Crippen LogP contribution is 2.22. The number of hydrogen-bond donors (Lipinski definition) is 2. The van der Waals surface area contributed by atoms with E-state index < -0.39 is 6.10 Å². The zero-order valence-electron chi connectivity index (χ0n) is 11.3. The number of thioether (sulfide) groups is 1. The van der Waals surface area contributed by atoms with E-state index in [1.807, 2.05) is 14.0 Å². The lowest BCUT2D eigenvalue weighted by Crippen LogP contribution is -2.17. The molecule has 3 nitrogen and oxygen atoms in total. The second kappa shape index (κ2) is 8.53. The minimum absolute atomic E-state index is 0.346. The summed E-state index contributed by atoms with van der Waals surface area (Å²) in [5, 5.41) is 12.9. The zero-order valence-corrected chi connectivity index (χ0v) is 12.2. The van der Waals surface area contributed by atoms with Gasteiger partial charge in [0.1, 0.15) is 0 Å². The van der Waals surface area contributed by atoms with Crippen molar-refractivity contribution in [3.8, 4) is 0 Å². The Morgan fingerprint density at radius 3 is 2.89 bits per heavy atom. The third kappa shape index (κ3) is 5.40. The smallest absolute Gasteiger partial charge is 0.0867 e. The minimum Gasteiger partial charge on any atom is -0.390 e. The van der Waals surface area contributed by atoms with E-state index in [4.69, 9.17) is 4.74 Å². The van der Waals surface area contributed by atoms with Crippen LogP contribution in [0.15, 0.2) is 29.2 Å². The molecule has 0 aromatic heterocycles. The molecule has 0 aliphatic carbocycles. The third-order valence-corrected chi connectivity index (χ3v) is 3.89. The molecule has 0 aliphatic rings. The number of benzene rings is 1. The molecule has 0 bridgehead atoms. The molecule has 0 saturated carbocycles. The van der Waals surface area contributed by atoms with Gasteiger partial charge in [-0.1, -0.05) is 12.1 Å². The Kier molecular flexibility index (Phi) is 7.35. The average molecular weight is 269 g/mol. The van der Waals surface area contributed by atoms with Crippen molar-refractivity contribution in [1.29, 1.82) is 0 Å². The lowest BCUT2D eigenvalue weighted by Gasteiger charge is -2.13. The first-order valence-electron chi connectivity index (χ1n) is 6.33. The van der Waals surface area contributed by atoms with E-state index in [0.29, 0.717) is 25.0 Å². The van der Waals surface area contributed by atoms with Crippen LogP contribution < -0.4 is 5.32 Å². The number of hydrogen-bond acceptors (Lipinski definition) is 4. The zero-order chi connectivity index (χ0) is 13.4. The lowest BCUT2D eigenvalue weighted by atomic mass is 10.1. The summed E-state index contributed by atoms with van der Waals surface area (Å²) in [4.78, 5) is 1.19. The van der Waals surface area contributed by atoms with E-state index >= 15 is 0 Å². The monoisotopic (exact) mass is 269 g/mol. The van der Waals surface area contributed by atoms with Crippen molar-refractivity contribution >= 4 is 11.8 Å². The van der Waals surface area contributed by atoms with Crippen LogP contribution in [-0.2, 0) is 4.74 Å². The van der Waals surface area contributed by atoms with Crippen LogP contribution in [0.4, 0.5) is 0 Å². The van der Waals surface area contributed by atoms with E-state index in [1.165, 1.54) is 10.5 Å². The molecule has 0 spiro atoms. The molecule has 0 aliphatic heterocycles. The number of rotatable bonds is 8. The Bertz CT molecular complexity index is 346. The summed E-state index contributed by atoms with van der Waals surface area (Å²) in [6, 6.07) is 8.75. The van der Waals surface area contributed by atoms with Crippen molar-refractivity contribution in [3.63, 3.8) is 0 Å². The van der Waals surface area contributed by atoms with E-state index in [9.17, 15) is 5.11 Å². The third-order valence-electron chi connectivity index (χ3n) is 2.75. The highest BCUT2D eigenvalue weighted by molar-refractivity contribution is 7.99. The van der Waals surface area contributed by atoms with Gasteiger partial charge in [0, 0.05) is 23.3 Å². The van der Waals surface area contributed by atoms with Crippen LogP contribution in [0.2, 0.25) is 0 Å². The van der Waals surface area contributed by atoms with Gasteiger partial charge in [-0.15, -0.1) is 11.8 Å². The molecular weight excluding hydrogens is 246 g/mol. The molecule has 0 radical (unpaired) electrons. The highest BCUT2D eigenvalue weighted by atomic mass is 32.2. The SMILES string of the molecule is CCOCC(O)CSc1cccc(C(C)NC)c1. The summed E-state index contributed by atoms with van der Waals surface area (Å²) in [6.45, 7) is 5.13. The van der Waals surface area contributed by atoms with Crippen LogP contribution in [0, 0.1) is 0 Å². The molecule has 1 rings (SSSR count). The van der Waals surface area contributed by atoms with Crippen LogP contribution in [-0.4, -0.2) is 37.2 Å². The molecule has 18 heavy (non-hydrogen) atoms. The summed E-state index contributed by atoms with van der Waals surface area (Å²) in [6.07, 6.45) is -0.402. The van der Waals surface area contributed by atoms with Crippen LogP contribution in [0.5, 0.6) is 0 Å². The molecule has 0 amide bonds. The number of ether oxygens (including phenoxy) is 1. The quantitative estimate of drug-likeness (QED) is 0.711. The van der Waals surface area contributed by atoms with E-state index in [0.717, 1.165) is 0 Å². The molecule has 2 atom stereocenters. The molecule has 2 unspecified atom stereocenters. The topological polar surface area (TPSA) is 41.5 Å². The van der Waals surface area contributed by atoms with Gasteiger partial charge in [0.15, 0.2) is 0 Å². The second-order valence-corrected chi connectivity index (χ2v) is 5.30. The van der Waals surface area contributed by atoms with Gasteiger partial charge in [-0.3, -0.25) is 0 Å².